The van der Waals surface area contributed by atoms with Crippen LogP contribution in [0.2, 0.25) is 0 Å². The number of hydrogen-bond donors (Lipinski definition) is 0. The molecule has 0 atom stereocenters. The predicted octanol–water partition coefficient (Wildman–Crippen LogP) is 13.2. The second kappa shape index (κ2) is 13.0. The van der Waals surface area contributed by atoms with Crippen molar-refractivity contribution in [3.8, 4) is 62.2 Å². The molecule has 3 aromatic heterocycles. The molecule has 0 aliphatic rings. The highest BCUT2D eigenvalue weighted by atomic mass is 16.3. The number of benzene rings is 8. The summed E-state index contributed by atoms with van der Waals surface area (Å²) in [5.74, 6) is 1.27. The SMILES string of the molecule is c1ccc(-c2ccc(-c3nc(-c4ccccc4)cc(-c4cccc(-n5c6c7ccccc7ccc6c6ccc7nc(-c8ccccc8)oc7c65)c4)n3)cc2)cc1. The first-order valence-electron chi connectivity index (χ1n) is 18.8. The molecular formula is C51H32N4O. The van der Waals surface area contributed by atoms with Gasteiger partial charge in [0.1, 0.15) is 5.52 Å². The Bertz CT molecular complexity index is 3220. The van der Waals surface area contributed by atoms with Crippen molar-refractivity contribution in [3.63, 3.8) is 0 Å². The fourth-order valence-corrected chi connectivity index (χ4v) is 7.93. The minimum Gasteiger partial charge on any atom is -0.434 e. The van der Waals surface area contributed by atoms with Crippen molar-refractivity contribution in [1.29, 1.82) is 0 Å². The number of fused-ring (bicyclic) bond motifs is 7. The Kier molecular flexibility index (Phi) is 7.42. The van der Waals surface area contributed by atoms with Crippen molar-refractivity contribution in [2.24, 2.45) is 0 Å². The lowest BCUT2D eigenvalue weighted by molar-refractivity contribution is 0.622. The van der Waals surface area contributed by atoms with Crippen LogP contribution in [0, 0.1) is 0 Å². The van der Waals surface area contributed by atoms with Gasteiger partial charge in [-0.3, -0.25) is 0 Å². The maximum Gasteiger partial charge on any atom is 0.227 e. The van der Waals surface area contributed by atoms with Gasteiger partial charge in [0, 0.05) is 44.1 Å². The Balaban J connectivity index is 1.13. The van der Waals surface area contributed by atoms with E-state index < -0.39 is 0 Å². The number of rotatable bonds is 6. The van der Waals surface area contributed by atoms with Crippen molar-refractivity contribution < 1.29 is 4.42 Å². The molecule has 0 fully saturated rings. The van der Waals surface area contributed by atoms with Crippen molar-refractivity contribution in [3.05, 3.63) is 194 Å². The van der Waals surface area contributed by atoms with Gasteiger partial charge in [-0.05, 0) is 59.0 Å². The van der Waals surface area contributed by atoms with E-state index in [0.717, 1.165) is 83.2 Å². The van der Waals surface area contributed by atoms with Crippen LogP contribution in [0.3, 0.4) is 0 Å². The molecule has 56 heavy (non-hydrogen) atoms. The Hall–Kier alpha value is -7.63. The molecule has 262 valence electrons. The third-order valence-corrected chi connectivity index (χ3v) is 10.6. The van der Waals surface area contributed by atoms with Crippen LogP contribution >= 0.6 is 0 Å². The van der Waals surface area contributed by atoms with E-state index in [2.05, 4.69) is 144 Å². The quantitative estimate of drug-likeness (QED) is 0.172. The molecule has 0 radical (unpaired) electrons. The van der Waals surface area contributed by atoms with Crippen molar-refractivity contribution >= 4 is 43.7 Å². The summed E-state index contributed by atoms with van der Waals surface area (Å²) >= 11 is 0. The van der Waals surface area contributed by atoms with E-state index in [9.17, 15) is 0 Å². The third-order valence-electron chi connectivity index (χ3n) is 10.6. The zero-order valence-electron chi connectivity index (χ0n) is 30.2. The second-order valence-corrected chi connectivity index (χ2v) is 14.0. The molecule has 5 nitrogen and oxygen atoms in total. The van der Waals surface area contributed by atoms with Gasteiger partial charge in [0.15, 0.2) is 11.4 Å². The molecule has 0 amide bonds. The van der Waals surface area contributed by atoms with Gasteiger partial charge >= 0.3 is 0 Å². The molecule has 0 N–H and O–H groups in total. The molecule has 0 saturated carbocycles. The average Bonchev–Trinajstić information content (AvgIpc) is 3.87. The molecule has 5 heteroatoms. The molecule has 0 saturated heterocycles. The van der Waals surface area contributed by atoms with E-state index in [-0.39, 0.29) is 0 Å². The third kappa shape index (κ3) is 5.37. The lowest BCUT2D eigenvalue weighted by atomic mass is 10.0. The number of nitrogens with zero attached hydrogens (tertiary/aromatic N) is 4. The summed E-state index contributed by atoms with van der Waals surface area (Å²) in [6, 6.07) is 67.3. The largest absolute Gasteiger partial charge is 0.434 e. The summed E-state index contributed by atoms with van der Waals surface area (Å²) in [6.45, 7) is 0. The highest BCUT2D eigenvalue weighted by molar-refractivity contribution is 6.22. The normalized spacial score (nSPS) is 11.6. The summed E-state index contributed by atoms with van der Waals surface area (Å²) < 4.78 is 9.05. The molecule has 0 bridgehead atoms. The number of hydrogen-bond acceptors (Lipinski definition) is 4. The van der Waals surface area contributed by atoms with E-state index in [1.807, 2.05) is 54.6 Å². The first-order chi connectivity index (χ1) is 27.7. The molecular weight excluding hydrogens is 685 g/mol. The minimum absolute atomic E-state index is 0.599. The van der Waals surface area contributed by atoms with E-state index in [1.54, 1.807) is 0 Å². The smallest absolute Gasteiger partial charge is 0.227 e. The summed E-state index contributed by atoms with van der Waals surface area (Å²) in [7, 11) is 0. The summed E-state index contributed by atoms with van der Waals surface area (Å²) in [5, 5.41) is 4.59. The topological polar surface area (TPSA) is 56.7 Å². The maximum atomic E-state index is 6.70. The summed E-state index contributed by atoms with van der Waals surface area (Å²) in [5.41, 5.74) is 12.6. The van der Waals surface area contributed by atoms with Crippen LogP contribution in [0.25, 0.3) is 106 Å². The minimum atomic E-state index is 0.599. The molecule has 0 aliphatic heterocycles. The van der Waals surface area contributed by atoms with Crippen LogP contribution in [0.4, 0.5) is 0 Å². The Labute approximate surface area is 322 Å². The van der Waals surface area contributed by atoms with Gasteiger partial charge < -0.3 is 8.98 Å². The van der Waals surface area contributed by atoms with Gasteiger partial charge in [-0.25, -0.2) is 15.0 Å². The molecule has 0 unspecified atom stereocenters. The number of oxazole rings is 1. The Morgan fingerprint density at radius 1 is 0.375 bits per heavy atom. The Morgan fingerprint density at radius 3 is 1.73 bits per heavy atom. The van der Waals surface area contributed by atoms with Gasteiger partial charge in [0.25, 0.3) is 0 Å². The van der Waals surface area contributed by atoms with Crippen LogP contribution in [0.5, 0.6) is 0 Å². The molecule has 3 heterocycles. The zero-order valence-corrected chi connectivity index (χ0v) is 30.2. The van der Waals surface area contributed by atoms with Gasteiger partial charge in [0.05, 0.1) is 22.4 Å². The summed E-state index contributed by atoms with van der Waals surface area (Å²) in [6.07, 6.45) is 0. The maximum absolute atomic E-state index is 6.70. The first kappa shape index (κ1) is 31.9. The Morgan fingerprint density at radius 2 is 0.964 bits per heavy atom. The van der Waals surface area contributed by atoms with E-state index in [0.29, 0.717) is 11.7 Å². The standard InChI is InChI=1S/C51H32N4O/c1-4-13-33(14-5-1)34-23-25-37(26-24-34)50-52-45(36-16-6-2-7-17-36)32-46(53-50)39-20-12-21-40(31-39)55-47-41-22-11-10-15-35(41)27-28-42(47)43-29-30-44-49(48(43)55)56-51(54-44)38-18-8-3-9-19-38/h1-32H. The lowest BCUT2D eigenvalue weighted by Crippen LogP contribution is -1.98. The lowest BCUT2D eigenvalue weighted by Gasteiger charge is -2.13. The van der Waals surface area contributed by atoms with E-state index >= 15 is 0 Å². The molecule has 0 spiro atoms. The van der Waals surface area contributed by atoms with Gasteiger partial charge in [-0.2, -0.15) is 0 Å². The first-order valence-corrected chi connectivity index (χ1v) is 18.8. The van der Waals surface area contributed by atoms with Crippen molar-refractivity contribution in [1.82, 2.24) is 19.5 Å². The molecule has 11 rings (SSSR count). The monoisotopic (exact) mass is 716 g/mol. The van der Waals surface area contributed by atoms with Crippen LogP contribution in [-0.4, -0.2) is 19.5 Å². The van der Waals surface area contributed by atoms with E-state index in [1.165, 1.54) is 10.9 Å². The molecule has 0 aliphatic carbocycles. The van der Waals surface area contributed by atoms with Crippen LogP contribution in [0.1, 0.15) is 0 Å². The summed E-state index contributed by atoms with van der Waals surface area (Å²) in [4.78, 5) is 15.3. The fraction of sp³-hybridized carbons (Fsp3) is 0. The van der Waals surface area contributed by atoms with Crippen LogP contribution in [-0.2, 0) is 0 Å². The van der Waals surface area contributed by atoms with Crippen molar-refractivity contribution in [2.45, 2.75) is 0 Å². The highest BCUT2D eigenvalue weighted by Crippen LogP contribution is 2.41. The molecule has 11 aromatic rings. The highest BCUT2D eigenvalue weighted by Gasteiger charge is 2.21. The average molecular weight is 717 g/mol. The number of aromatic nitrogens is 4. The van der Waals surface area contributed by atoms with Crippen LogP contribution < -0.4 is 0 Å². The van der Waals surface area contributed by atoms with Gasteiger partial charge in [-0.1, -0.05) is 152 Å². The fourth-order valence-electron chi connectivity index (χ4n) is 7.93. The molecule has 8 aromatic carbocycles. The van der Waals surface area contributed by atoms with Gasteiger partial charge in [0.2, 0.25) is 5.89 Å². The van der Waals surface area contributed by atoms with Crippen LogP contribution in [0.15, 0.2) is 199 Å². The zero-order chi connectivity index (χ0) is 37.0. The van der Waals surface area contributed by atoms with Gasteiger partial charge in [-0.15, -0.1) is 0 Å². The predicted molar refractivity (Wildman–Crippen MR) is 229 cm³/mol. The van der Waals surface area contributed by atoms with E-state index in [4.69, 9.17) is 19.4 Å². The van der Waals surface area contributed by atoms with Crippen molar-refractivity contribution in [2.75, 3.05) is 0 Å². The second-order valence-electron chi connectivity index (χ2n) is 14.0.